The number of ether oxygens (including phenoxy) is 1. The van der Waals surface area contributed by atoms with E-state index in [0.717, 1.165) is 25.0 Å². The first-order valence-corrected chi connectivity index (χ1v) is 10.6. The molecule has 0 radical (unpaired) electrons. The van der Waals surface area contributed by atoms with E-state index < -0.39 is 11.6 Å². The number of hydrogen-bond donors (Lipinski definition) is 0. The highest BCUT2D eigenvalue weighted by Gasteiger charge is 2.24. The van der Waals surface area contributed by atoms with Crippen LogP contribution in [0.5, 0.6) is 0 Å². The summed E-state index contributed by atoms with van der Waals surface area (Å²) in [6.45, 7) is 5.33. The molecule has 0 amide bonds. The number of aromatic nitrogens is 4. The molecular weight excluding hydrogens is 416 g/mol. The van der Waals surface area contributed by atoms with Gasteiger partial charge in [-0.05, 0) is 24.3 Å². The Bertz CT molecular complexity index is 1070. The van der Waals surface area contributed by atoms with E-state index in [9.17, 15) is 8.78 Å². The van der Waals surface area contributed by atoms with Crippen LogP contribution in [0.4, 0.5) is 26.5 Å². The fraction of sp³-hybridized carbons (Fsp3) is 0.364. The van der Waals surface area contributed by atoms with E-state index in [2.05, 4.69) is 24.8 Å². The van der Waals surface area contributed by atoms with Gasteiger partial charge in [0.2, 0.25) is 11.9 Å². The van der Waals surface area contributed by atoms with E-state index in [1.54, 1.807) is 6.20 Å². The molecule has 0 unspecified atom stereocenters. The summed E-state index contributed by atoms with van der Waals surface area (Å²) in [6.07, 6.45) is 1.78. The fourth-order valence-corrected chi connectivity index (χ4v) is 3.87. The van der Waals surface area contributed by atoms with Gasteiger partial charge in [-0.2, -0.15) is 15.0 Å². The van der Waals surface area contributed by atoms with Crippen LogP contribution in [-0.4, -0.2) is 72.4 Å². The smallest absolute Gasteiger partial charge is 0.230 e. The Morgan fingerprint density at radius 2 is 1.44 bits per heavy atom. The molecule has 0 spiro atoms. The lowest BCUT2D eigenvalue weighted by Gasteiger charge is -2.36. The lowest BCUT2D eigenvalue weighted by Crippen LogP contribution is -2.47. The number of hydrogen-bond acceptors (Lipinski definition) is 8. The summed E-state index contributed by atoms with van der Waals surface area (Å²) >= 11 is 0. The minimum Gasteiger partial charge on any atom is -0.378 e. The summed E-state index contributed by atoms with van der Waals surface area (Å²) in [7, 11) is 0. The minimum atomic E-state index is -0.699. The predicted octanol–water partition coefficient (Wildman–Crippen LogP) is 2.38. The molecule has 2 saturated heterocycles. The molecule has 0 N–H and O–H groups in total. The van der Waals surface area contributed by atoms with Crippen molar-refractivity contribution in [2.75, 3.05) is 67.2 Å². The highest BCUT2D eigenvalue weighted by atomic mass is 19.1. The molecule has 5 rings (SSSR count). The van der Waals surface area contributed by atoms with Crippen molar-refractivity contribution in [3.05, 3.63) is 54.2 Å². The van der Waals surface area contributed by atoms with Gasteiger partial charge in [-0.15, -0.1) is 0 Å². The first-order valence-electron chi connectivity index (χ1n) is 10.6. The second kappa shape index (κ2) is 8.99. The maximum absolute atomic E-state index is 14.5. The average Bonchev–Trinajstić information content (AvgIpc) is 2.85. The number of halogens is 2. The second-order valence-electron chi connectivity index (χ2n) is 7.64. The Labute approximate surface area is 184 Å². The van der Waals surface area contributed by atoms with E-state index in [1.807, 2.05) is 23.1 Å². The van der Waals surface area contributed by atoms with Crippen molar-refractivity contribution < 1.29 is 13.5 Å². The molecule has 2 aromatic heterocycles. The number of benzene rings is 1. The Balaban J connectivity index is 1.44. The van der Waals surface area contributed by atoms with Gasteiger partial charge in [0.25, 0.3) is 0 Å². The Kier molecular flexibility index (Phi) is 5.76. The van der Waals surface area contributed by atoms with Crippen molar-refractivity contribution in [3.63, 3.8) is 0 Å². The maximum Gasteiger partial charge on any atom is 0.230 e. The first kappa shape index (κ1) is 20.5. The van der Waals surface area contributed by atoms with Gasteiger partial charge in [0.05, 0.1) is 18.8 Å². The molecule has 2 fully saturated rings. The molecule has 8 nitrogen and oxygen atoms in total. The van der Waals surface area contributed by atoms with Crippen LogP contribution in [0.15, 0.2) is 42.6 Å². The highest BCUT2D eigenvalue weighted by molar-refractivity contribution is 5.60. The standard InChI is InChI=1S/C22H23F2N7O/c23-16-4-5-17(18(24)15-16)20-26-21(28-22(27-20)31-11-13-32-14-12-31)30-9-7-29(8-10-30)19-3-1-2-6-25-19/h1-6,15H,7-14H2. The Morgan fingerprint density at radius 3 is 2.09 bits per heavy atom. The number of pyridine rings is 1. The predicted molar refractivity (Wildman–Crippen MR) is 117 cm³/mol. The molecule has 2 aliphatic heterocycles. The summed E-state index contributed by atoms with van der Waals surface area (Å²) in [5.41, 5.74) is 0.150. The second-order valence-corrected chi connectivity index (χ2v) is 7.64. The molecule has 10 heteroatoms. The topological polar surface area (TPSA) is 70.5 Å². The largest absolute Gasteiger partial charge is 0.378 e. The van der Waals surface area contributed by atoms with E-state index in [-0.39, 0.29) is 11.4 Å². The SMILES string of the molecule is Fc1ccc(-c2nc(N3CCOCC3)nc(N3CCN(c4ccccn4)CC3)n2)c(F)c1. The number of rotatable bonds is 4. The van der Waals surface area contributed by atoms with Crippen molar-refractivity contribution >= 4 is 17.7 Å². The lowest BCUT2D eigenvalue weighted by molar-refractivity contribution is 0.122. The Morgan fingerprint density at radius 1 is 0.750 bits per heavy atom. The quantitative estimate of drug-likeness (QED) is 0.614. The number of nitrogens with zero attached hydrogens (tertiary/aromatic N) is 7. The zero-order chi connectivity index (χ0) is 21.9. The fourth-order valence-electron chi connectivity index (χ4n) is 3.87. The number of piperazine rings is 1. The van der Waals surface area contributed by atoms with Gasteiger partial charge in [-0.3, -0.25) is 0 Å². The van der Waals surface area contributed by atoms with Crippen LogP contribution >= 0.6 is 0 Å². The first-order chi connectivity index (χ1) is 15.7. The minimum absolute atomic E-state index is 0.150. The van der Waals surface area contributed by atoms with Gasteiger partial charge in [0, 0.05) is 51.5 Å². The summed E-state index contributed by atoms with van der Waals surface area (Å²) < 4.78 is 33.4. The summed E-state index contributed by atoms with van der Waals surface area (Å²) in [4.78, 5) is 24.5. The van der Waals surface area contributed by atoms with Gasteiger partial charge >= 0.3 is 0 Å². The van der Waals surface area contributed by atoms with Crippen LogP contribution < -0.4 is 14.7 Å². The summed E-state index contributed by atoms with van der Waals surface area (Å²) in [6, 6.07) is 9.28. The van der Waals surface area contributed by atoms with Crippen molar-refractivity contribution in [3.8, 4) is 11.4 Å². The molecule has 0 aliphatic carbocycles. The molecule has 3 aromatic rings. The van der Waals surface area contributed by atoms with Crippen LogP contribution in [-0.2, 0) is 4.74 Å². The van der Waals surface area contributed by atoms with Crippen molar-refractivity contribution in [2.45, 2.75) is 0 Å². The molecular formula is C22H23F2N7O. The summed E-state index contributed by atoms with van der Waals surface area (Å²) in [5, 5.41) is 0. The van der Waals surface area contributed by atoms with Gasteiger partial charge in [0.15, 0.2) is 5.82 Å². The van der Waals surface area contributed by atoms with Gasteiger partial charge in [0.1, 0.15) is 17.5 Å². The van der Waals surface area contributed by atoms with E-state index >= 15 is 0 Å². The molecule has 0 bridgehead atoms. The summed E-state index contributed by atoms with van der Waals surface area (Å²) in [5.74, 6) is 0.756. The van der Waals surface area contributed by atoms with E-state index in [4.69, 9.17) is 9.72 Å². The van der Waals surface area contributed by atoms with Crippen molar-refractivity contribution in [1.29, 1.82) is 0 Å². The zero-order valence-electron chi connectivity index (χ0n) is 17.5. The van der Waals surface area contributed by atoms with Gasteiger partial charge < -0.3 is 19.4 Å². The van der Waals surface area contributed by atoms with Crippen LogP contribution in [0, 0.1) is 11.6 Å². The monoisotopic (exact) mass is 439 g/mol. The molecule has 2 aliphatic rings. The van der Waals surface area contributed by atoms with Crippen LogP contribution in [0.3, 0.4) is 0 Å². The molecule has 0 saturated carbocycles. The van der Waals surface area contributed by atoms with Crippen LogP contribution in [0.2, 0.25) is 0 Å². The third-order valence-electron chi connectivity index (χ3n) is 5.61. The van der Waals surface area contributed by atoms with Crippen LogP contribution in [0.25, 0.3) is 11.4 Å². The zero-order valence-corrected chi connectivity index (χ0v) is 17.5. The average molecular weight is 439 g/mol. The highest BCUT2D eigenvalue weighted by Crippen LogP contribution is 2.25. The van der Waals surface area contributed by atoms with Crippen molar-refractivity contribution in [2.24, 2.45) is 0 Å². The van der Waals surface area contributed by atoms with E-state index in [1.165, 1.54) is 12.1 Å². The molecule has 4 heterocycles. The van der Waals surface area contributed by atoms with Gasteiger partial charge in [-0.1, -0.05) is 6.07 Å². The third kappa shape index (κ3) is 4.31. The maximum atomic E-state index is 14.5. The molecule has 32 heavy (non-hydrogen) atoms. The molecule has 0 atom stereocenters. The van der Waals surface area contributed by atoms with E-state index in [0.29, 0.717) is 51.3 Å². The third-order valence-corrected chi connectivity index (χ3v) is 5.61. The molecule has 1 aromatic carbocycles. The normalized spacial score (nSPS) is 17.0. The Hall–Kier alpha value is -3.40. The number of anilines is 3. The lowest BCUT2D eigenvalue weighted by atomic mass is 10.2. The van der Waals surface area contributed by atoms with Gasteiger partial charge in [-0.25, -0.2) is 13.8 Å². The molecule has 166 valence electrons. The van der Waals surface area contributed by atoms with Crippen LogP contribution in [0.1, 0.15) is 0 Å². The van der Waals surface area contributed by atoms with Crippen molar-refractivity contribution in [1.82, 2.24) is 19.9 Å². The number of morpholine rings is 1.